The van der Waals surface area contributed by atoms with E-state index in [-0.39, 0.29) is 11.9 Å². The highest BCUT2D eigenvalue weighted by molar-refractivity contribution is 5.81. The summed E-state index contributed by atoms with van der Waals surface area (Å²) < 4.78 is 5.29. The molecule has 1 N–H and O–H groups in total. The van der Waals surface area contributed by atoms with E-state index in [1.165, 1.54) is 0 Å². The number of ether oxygens (including phenoxy) is 1. The molecule has 2 rings (SSSR count). The highest BCUT2D eigenvalue weighted by Gasteiger charge is 2.22. The average Bonchev–Trinajstić information content (AvgIpc) is 2.46. The number of amides is 1. The van der Waals surface area contributed by atoms with Crippen molar-refractivity contribution in [2.75, 3.05) is 26.3 Å². The van der Waals surface area contributed by atoms with Gasteiger partial charge in [-0.1, -0.05) is 30.3 Å². The van der Waals surface area contributed by atoms with Gasteiger partial charge >= 0.3 is 0 Å². The molecule has 1 aromatic rings. The van der Waals surface area contributed by atoms with E-state index >= 15 is 0 Å². The normalized spacial score (nSPS) is 18.3. The first-order chi connectivity index (χ1) is 8.77. The largest absolute Gasteiger partial charge is 0.379 e. The topological polar surface area (TPSA) is 41.6 Å². The minimum Gasteiger partial charge on any atom is -0.379 e. The van der Waals surface area contributed by atoms with Crippen molar-refractivity contribution in [3.05, 3.63) is 35.9 Å². The first-order valence-electron chi connectivity index (χ1n) is 6.41. The van der Waals surface area contributed by atoms with Crippen LogP contribution in [0.2, 0.25) is 0 Å². The molecule has 1 fully saturated rings. The van der Waals surface area contributed by atoms with Crippen molar-refractivity contribution in [3.63, 3.8) is 0 Å². The molecule has 98 valence electrons. The molecule has 0 radical (unpaired) electrons. The minimum absolute atomic E-state index is 0.0840. The molecule has 18 heavy (non-hydrogen) atoms. The quantitative estimate of drug-likeness (QED) is 0.865. The summed E-state index contributed by atoms with van der Waals surface area (Å²) in [5, 5.41) is 2.97. The summed E-state index contributed by atoms with van der Waals surface area (Å²) >= 11 is 0. The van der Waals surface area contributed by atoms with Crippen LogP contribution in [0, 0.1) is 0 Å². The number of carbonyl (C=O) groups is 1. The standard InChI is InChI=1S/C14H20N2O2/c1-12(16-7-9-18-10-8-16)14(17)15-11-13-5-3-2-4-6-13/h2-6,12H,7-11H2,1H3,(H,15,17)/t12-/m0/s1. The number of hydrogen-bond donors (Lipinski definition) is 1. The molecule has 1 aromatic carbocycles. The van der Waals surface area contributed by atoms with Gasteiger partial charge < -0.3 is 10.1 Å². The number of benzene rings is 1. The number of morpholine rings is 1. The molecule has 0 spiro atoms. The zero-order valence-corrected chi connectivity index (χ0v) is 10.8. The SMILES string of the molecule is C[C@@H](C(=O)NCc1ccccc1)N1CCOCC1. The highest BCUT2D eigenvalue weighted by atomic mass is 16.5. The van der Waals surface area contributed by atoms with Crippen LogP contribution in [0.25, 0.3) is 0 Å². The molecule has 4 nitrogen and oxygen atoms in total. The van der Waals surface area contributed by atoms with Gasteiger partial charge in [-0.3, -0.25) is 9.69 Å². The number of rotatable bonds is 4. The molecule has 1 saturated heterocycles. The van der Waals surface area contributed by atoms with Crippen LogP contribution in [-0.4, -0.2) is 43.2 Å². The van der Waals surface area contributed by atoms with E-state index in [0.717, 1.165) is 31.9 Å². The van der Waals surface area contributed by atoms with Gasteiger partial charge in [-0.05, 0) is 12.5 Å². The van der Waals surface area contributed by atoms with Crippen LogP contribution in [0.4, 0.5) is 0 Å². The lowest BCUT2D eigenvalue weighted by Crippen LogP contribution is -2.49. The Bertz CT molecular complexity index is 375. The maximum Gasteiger partial charge on any atom is 0.237 e. The molecule has 0 aromatic heterocycles. The summed E-state index contributed by atoms with van der Waals surface area (Å²) in [5.74, 6) is 0.0840. The van der Waals surface area contributed by atoms with Gasteiger partial charge in [0, 0.05) is 19.6 Å². The Balaban J connectivity index is 1.80. The number of nitrogens with zero attached hydrogens (tertiary/aromatic N) is 1. The fourth-order valence-electron chi connectivity index (χ4n) is 2.06. The van der Waals surface area contributed by atoms with E-state index < -0.39 is 0 Å². The minimum atomic E-state index is -0.0855. The van der Waals surface area contributed by atoms with Crippen LogP contribution in [0.15, 0.2) is 30.3 Å². The van der Waals surface area contributed by atoms with Crippen LogP contribution in [-0.2, 0) is 16.1 Å². The van der Waals surface area contributed by atoms with E-state index in [9.17, 15) is 4.79 Å². The molecule has 0 bridgehead atoms. The molecule has 0 unspecified atom stereocenters. The zero-order chi connectivity index (χ0) is 12.8. The Hall–Kier alpha value is -1.39. The lowest BCUT2D eigenvalue weighted by atomic mass is 10.2. The predicted molar refractivity (Wildman–Crippen MR) is 70.1 cm³/mol. The molecular weight excluding hydrogens is 228 g/mol. The summed E-state index contributed by atoms with van der Waals surface area (Å²) in [6.07, 6.45) is 0. The Morgan fingerprint density at radius 1 is 1.33 bits per heavy atom. The summed E-state index contributed by atoms with van der Waals surface area (Å²) in [6.45, 7) is 5.65. The van der Waals surface area contributed by atoms with Crippen LogP contribution in [0.3, 0.4) is 0 Å². The molecular formula is C14H20N2O2. The summed E-state index contributed by atoms with van der Waals surface area (Å²) in [5.41, 5.74) is 1.13. The molecule has 1 amide bonds. The molecule has 1 atom stereocenters. The number of nitrogens with one attached hydrogen (secondary N) is 1. The fraction of sp³-hybridized carbons (Fsp3) is 0.500. The number of hydrogen-bond acceptors (Lipinski definition) is 3. The second kappa shape index (κ2) is 6.52. The molecule has 0 aliphatic carbocycles. The van der Waals surface area contributed by atoms with E-state index in [1.807, 2.05) is 37.3 Å². The van der Waals surface area contributed by atoms with Gasteiger partial charge in [0.15, 0.2) is 0 Å². The third-order valence-corrected chi connectivity index (χ3v) is 3.28. The van der Waals surface area contributed by atoms with Gasteiger partial charge in [-0.2, -0.15) is 0 Å². The average molecular weight is 248 g/mol. The van der Waals surface area contributed by atoms with E-state index in [1.54, 1.807) is 0 Å². The van der Waals surface area contributed by atoms with Crippen molar-refractivity contribution >= 4 is 5.91 Å². The van der Waals surface area contributed by atoms with Crippen LogP contribution < -0.4 is 5.32 Å². The van der Waals surface area contributed by atoms with Gasteiger partial charge in [0.1, 0.15) is 0 Å². The Labute approximate surface area is 108 Å². The number of carbonyl (C=O) groups excluding carboxylic acids is 1. The summed E-state index contributed by atoms with van der Waals surface area (Å²) in [6, 6.07) is 9.87. The third-order valence-electron chi connectivity index (χ3n) is 3.28. The van der Waals surface area contributed by atoms with E-state index in [4.69, 9.17) is 4.74 Å². The molecule has 1 aliphatic heterocycles. The predicted octanol–water partition coefficient (Wildman–Crippen LogP) is 1.02. The fourth-order valence-corrected chi connectivity index (χ4v) is 2.06. The second-order valence-corrected chi connectivity index (χ2v) is 4.53. The Morgan fingerprint density at radius 3 is 2.67 bits per heavy atom. The van der Waals surface area contributed by atoms with Crippen molar-refractivity contribution in [1.82, 2.24) is 10.2 Å². The van der Waals surface area contributed by atoms with Crippen LogP contribution in [0.5, 0.6) is 0 Å². The lowest BCUT2D eigenvalue weighted by Gasteiger charge is -2.31. The molecule has 1 heterocycles. The monoisotopic (exact) mass is 248 g/mol. The Kier molecular flexibility index (Phi) is 4.73. The van der Waals surface area contributed by atoms with Gasteiger partial charge in [0.25, 0.3) is 0 Å². The van der Waals surface area contributed by atoms with Gasteiger partial charge in [0.05, 0.1) is 19.3 Å². The first-order valence-corrected chi connectivity index (χ1v) is 6.41. The summed E-state index contributed by atoms with van der Waals surface area (Å²) in [7, 11) is 0. The summed E-state index contributed by atoms with van der Waals surface area (Å²) in [4.78, 5) is 14.2. The van der Waals surface area contributed by atoms with Gasteiger partial charge in [0.2, 0.25) is 5.91 Å². The molecule has 1 aliphatic rings. The van der Waals surface area contributed by atoms with Crippen LogP contribution >= 0.6 is 0 Å². The van der Waals surface area contributed by atoms with Crippen molar-refractivity contribution in [2.24, 2.45) is 0 Å². The van der Waals surface area contributed by atoms with E-state index in [0.29, 0.717) is 6.54 Å². The Morgan fingerprint density at radius 2 is 2.00 bits per heavy atom. The molecule has 4 heteroatoms. The van der Waals surface area contributed by atoms with Gasteiger partial charge in [-0.15, -0.1) is 0 Å². The maximum atomic E-state index is 12.0. The smallest absolute Gasteiger partial charge is 0.237 e. The highest BCUT2D eigenvalue weighted by Crippen LogP contribution is 2.04. The second-order valence-electron chi connectivity index (χ2n) is 4.53. The van der Waals surface area contributed by atoms with Crippen molar-refractivity contribution in [2.45, 2.75) is 19.5 Å². The van der Waals surface area contributed by atoms with Crippen molar-refractivity contribution < 1.29 is 9.53 Å². The lowest BCUT2D eigenvalue weighted by molar-refractivity contribution is -0.127. The van der Waals surface area contributed by atoms with Crippen LogP contribution in [0.1, 0.15) is 12.5 Å². The third kappa shape index (κ3) is 3.55. The first kappa shape index (κ1) is 13.1. The maximum absolute atomic E-state index is 12.0. The van der Waals surface area contributed by atoms with Crippen molar-refractivity contribution in [3.8, 4) is 0 Å². The zero-order valence-electron chi connectivity index (χ0n) is 10.8. The van der Waals surface area contributed by atoms with Crippen molar-refractivity contribution in [1.29, 1.82) is 0 Å². The van der Waals surface area contributed by atoms with Gasteiger partial charge in [-0.25, -0.2) is 0 Å². The molecule has 0 saturated carbocycles. The van der Waals surface area contributed by atoms with E-state index in [2.05, 4.69) is 10.2 Å².